The summed E-state index contributed by atoms with van der Waals surface area (Å²) in [5, 5.41) is 6.87. The zero-order valence-electron chi connectivity index (χ0n) is 9.15. The molecule has 0 aliphatic rings. The van der Waals surface area contributed by atoms with Gasteiger partial charge in [-0.2, -0.15) is 5.10 Å². The molecule has 5 heteroatoms. The van der Waals surface area contributed by atoms with Crippen molar-refractivity contribution in [3.05, 3.63) is 29.8 Å². The van der Waals surface area contributed by atoms with Gasteiger partial charge in [0.05, 0.1) is 12.8 Å². The summed E-state index contributed by atoms with van der Waals surface area (Å²) < 4.78 is 5.28. The fourth-order valence-electron chi connectivity index (χ4n) is 1.53. The number of nitrogens with one attached hydrogen (secondary N) is 1. The Morgan fingerprint density at radius 1 is 1.31 bits per heavy atom. The van der Waals surface area contributed by atoms with Crippen LogP contribution in [0.5, 0.6) is 5.75 Å². The molecule has 0 spiro atoms. The van der Waals surface area contributed by atoms with E-state index in [4.69, 9.17) is 10.5 Å². The van der Waals surface area contributed by atoms with Gasteiger partial charge in [0.1, 0.15) is 11.6 Å². The van der Waals surface area contributed by atoms with Crippen molar-refractivity contribution in [1.29, 1.82) is 0 Å². The maximum absolute atomic E-state index is 5.69. The first-order chi connectivity index (χ1) is 7.24. The molecule has 0 aliphatic heterocycles. The van der Waals surface area contributed by atoms with E-state index < -0.39 is 0 Å². The average Bonchev–Trinajstić information content (AvgIpc) is 2.60. The molecule has 0 radical (unpaired) electrons. The number of rotatable bonds is 2. The summed E-state index contributed by atoms with van der Waals surface area (Å²) in [7, 11) is 1.65. The monoisotopic (exact) mass is 239 g/mol. The normalized spacial score (nSPS) is 9.62. The number of aromatic amines is 1. The van der Waals surface area contributed by atoms with Crippen molar-refractivity contribution < 1.29 is 4.74 Å². The highest BCUT2D eigenvalue weighted by Gasteiger charge is 2.11. The summed E-state index contributed by atoms with van der Waals surface area (Å²) in [6.07, 6.45) is 0. The van der Waals surface area contributed by atoms with E-state index in [1.807, 2.05) is 31.2 Å². The van der Waals surface area contributed by atoms with E-state index in [0.29, 0.717) is 5.82 Å². The third kappa shape index (κ3) is 1.97. The van der Waals surface area contributed by atoms with Crippen LogP contribution in [0.1, 0.15) is 5.56 Å². The van der Waals surface area contributed by atoms with Crippen molar-refractivity contribution in [3.63, 3.8) is 0 Å². The van der Waals surface area contributed by atoms with Crippen LogP contribution in [-0.4, -0.2) is 17.3 Å². The fraction of sp³-hybridized carbons (Fsp3) is 0.182. The molecule has 16 heavy (non-hydrogen) atoms. The molecule has 2 rings (SSSR count). The van der Waals surface area contributed by atoms with E-state index in [2.05, 4.69) is 10.2 Å². The Labute approximate surface area is 100 Å². The van der Waals surface area contributed by atoms with Crippen molar-refractivity contribution in [2.45, 2.75) is 6.92 Å². The number of hydrogen-bond acceptors (Lipinski definition) is 3. The lowest BCUT2D eigenvalue weighted by Crippen LogP contribution is -1.89. The number of para-hydroxylation sites is 1. The van der Waals surface area contributed by atoms with Gasteiger partial charge in [0.25, 0.3) is 0 Å². The molecule has 2 aromatic rings. The smallest absolute Gasteiger partial charge is 0.148 e. The van der Waals surface area contributed by atoms with Gasteiger partial charge in [-0.3, -0.25) is 5.10 Å². The molecule has 0 saturated carbocycles. The van der Waals surface area contributed by atoms with Crippen LogP contribution in [-0.2, 0) is 0 Å². The Hall–Kier alpha value is -1.68. The second-order valence-corrected chi connectivity index (χ2v) is 3.31. The number of anilines is 1. The number of nitrogen functional groups attached to an aromatic ring is 1. The lowest BCUT2D eigenvalue weighted by molar-refractivity contribution is 0.416. The topological polar surface area (TPSA) is 63.9 Å². The maximum atomic E-state index is 5.69. The van der Waals surface area contributed by atoms with Crippen LogP contribution in [0.15, 0.2) is 24.3 Å². The minimum absolute atomic E-state index is 0. The van der Waals surface area contributed by atoms with E-state index in [-0.39, 0.29) is 12.4 Å². The van der Waals surface area contributed by atoms with E-state index in [1.165, 1.54) is 0 Å². The summed E-state index contributed by atoms with van der Waals surface area (Å²) in [6, 6.07) is 7.76. The minimum Gasteiger partial charge on any atom is -0.496 e. The quantitative estimate of drug-likeness (QED) is 0.846. The molecule has 0 amide bonds. The van der Waals surface area contributed by atoms with Gasteiger partial charge in [0.15, 0.2) is 0 Å². The first-order valence-corrected chi connectivity index (χ1v) is 4.68. The average molecular weight is 240 g/mol. The predicted molar refractivity (Wildman–Crippen MR) is 67.0 cm³/mol. The van der Waals surface area contributed by atoms with Crippen LogP contribution in [0, 0.1) is 6.92 Å². The molecular formula is C11H14ClN3O. The van der Waals surface area contributed by atoms with Gasteiger partial charge in [-0.25, -0.2) is 0 Å². The number of aromatic nitrogens is 2. The molecular weight excluding hydrogens is 226 g/mol. The van der Waals surface area contributed by atoms with Gasteiger partial charge in [-0.1, -0.05) is 12.1 Å². The standard InChI is InChI=1S/C11H13N3O.ClH/c1-7-10(13-14-11(7)12)8-5-3-4-6-9(8)15-2;/h3-6H,1-2H3,(H3,12,13,14);1H. The fourth-order valence-corrected chi connectivity index (χ4v) is 1.53. The number of hydrogen-bond donors (Lipinski definition) is 2. The number of benzene rings is 1. The summed E-state index contributed by atoms with van der Waals surface area (Å²) in [5.74, 6) is 1.33. The van der Waals surface area contributed by atoms with E-state index in [0.717, 1.165) is 22.6 Å². The highest BCUT2D eigenvalue weighted by Crippen LogP contribution is 2.31. The Morgan fingerprint density at radius 2 is 2.00 bits per heavy atom. The van der Waals surface area contributed by atoms with E-state index in [9.17, 15) is 0 Å². The van der Waals surface area contributed by atoms with Gasteiger partial charge >= 0.3 is 0 Å². The second-order valence-electron chi connectivity index (χ2n) is 3.31. The molecule has 0 saturated heterocycles. The van der Waals surface area contributed by atoms with Gasteiger partial charge in [0.2, 0.25) is 0 Å². The Balaban J connectivity index is 0.00000128. The Kier molecular flexibility index (Phi) is 3.79. The van der Waals surface area contributed by atoms with Crippen LogP contribution < -0.4 is 10.5 Å². The molecule has 0 fully saturated rings. The summed E-state index contributed by atoms with van der Waals surface area (Å²) in [6.45, 7) is 1.93. The van der Waals surface area contributed by atoms with Crippen molar-refractivity contribution in [3.8, 4) is 17.0 Å². The zero-order valence-corrected chi connectivity index (χ0v) is 9.97. The third-order valence-electron chi connectivity index (χ3n) is 2.42. The van der Waals surface area contributed by atoms with E-state index >= 15 is 0 Å². The lowest BCUT2D eigenvalue weighted by Gasteiger charge is -2.06. The number of methoxy groups -OCH3 is 1. The highest BCUT2D eigenvalue weighted by atomic mass is 35.5. The summed E-state index contributed by atoms with van der Waals surface area (Å²) in [4.78, 5) is 0. The predicted octanol–water partition coefficient (Wildman–Crippen LogP) is 2.40. The molecule has 4 nitrogen and oxygen atoms in total. The Morgan fingerprint density at radius 3 is 2.56 bits per heavy atom. The molecule has 0 bridgehead atoms. The molecule has 1 heterocycles. The molecule has 0 atom stereocenters. The molecule has 0 unspecified atom stereocenters. The summed E-state index contributed by atoms with van der Waals surface area (Å²) in [5.41, 5.74) is 8.51. The second kappa shape index (κ2) is 4.90. The molecule has 86 valence electrons. The maximum Gasteiger partial charge on any atom is 0.148 e. The van der Waals surface area contributed by atoms with Crippen molar-refractivity contribution >= 4 is 18.2 Å². The largest absolute Gasteiger partial charge is 0.496 e. The van der Waals surface area contributed by atoms with E-state index in [1.54, 1.807) is 7.11 Å². The molecule has 1 aromatic carbocycles. The number of halogens is 1. The van der Waals surface area contributed by atoms with Crippen LogP contribution in [0.4, 0.5) is 5.82 Å². The minimum atomic E-state index is 0. The number of ether oxygens (including phenoxy) is 1. The molecule has 0 aliphatic carbocycles. The van der Waals surface area contributed by atoms with Crippen LogP contribution in [0.2, 0.25) is 0 Å². The number of H-pyrrole nitrogens is 1. The zero-order chi connectivity index (χ0) is 10.8. The van der Waals surface area contributed by atoms with Gasteiger partial charge in [-0.05, 0) is 19.1 Å². The van der Waals surface area contributed by atoms with Crippen molar-refractivity contribution in [2.24, 2.45) is 0 Å². The molecule has 3 N–H and O–H groups in total. The first kappa shape index (κ1) is 12.4. The third-order valence-corrected chi connectivity index (χ3v) is 2.42. The van der Waals surface area contributed by atoms with Crippen LogP contribution in [0.25, 0.3) is 11.3 Å². The summed E-state index contributed by atoms with van der Waals surface area (Å²) >= 11 is 0. The van der Waals surface area contributed by atoms with Gasteiger partial charge in [0, 0.05) is 11.1 Å². The highest BCUT2D eigenvalue weighted by molar-refractivity contribution is 5.85. The first-order valence-electron chi connectivity index (χ1n) is 4.68. The molecule has 1 aromatic heterocycles. The van der Waals surface area contributed by atoms with Crippen molar-refractivity contribution in [2.75, 3.05) is 12.8 Å². The van der Waals surface area contributed by atoms with Crippen molar-refractivity contribution in [1.82, 2.24) is 10.2 Å². The number of nitrogens with two attached hydrogens (primary N) is 1. The van der Waals surface area contributed by atoms with Gasteiger partial charge < -0.3 is 10.5 Å². The van der Waals surface area contributed by atoms with Gasteiger partial charge in [-0.15, -0.1) is 12.4 Å². The van der Waals surface area contributed by atoms with Crippen LogP contribution >= 0.6 is 12.4 Å². The van der Waals surface area contributed by atoms with Crippen LogP contribution in [0.3, 0.4) is 0 Å². The number of nitrogens with zero attached hydrogens (tertiary/aromatic N) is 1. The Bertz CT molecular complexity index is 482. The lowest BCUT2D eigenvalue weighted by atomic mass is 10.1. The SMILES string of the molecule is COc1ccccc1-c1[nH]nc(N)c1C.Cl.